The van der Waals surface area contributed by atoms with Crippen LogP contribution in [-0.4, -0.2) is 69.5 Å². The molecule has 0 bridgehead atoms. The molecular formula is C21H37IN4O2S. The molecule has 3 rings (SSSR count). The summed E-state index contributed by atoms with van der Waals surface area (Å²) in [4.78, 5) is 7.29. The molecule has 2 saturated heterocycles. The van der Waals surface area contributed by atoms with Gasteiger partial charge in [-0.15, -0.1) is 24.0 Å². The van der Waals surface area contributed by atoms with Crippen molar-refractivity contribution in [2.24, 2.45) is 10.9 Å². The molecule has 1 aromatic rings. The van der Waals surface area contributed by atoms with E-state index in [0.717, 1.165) is 78.0 Å². The van der Waals surface area contributed by atoms with E-state index in [1.807, 2.05) is 0 Å². The van der Waals surface area contributed by atoms with Crippen LogP contribution in [0.4, 0.5) is 0 Å². The van der Waals surface area contributed by atoms with Crippen molar-refractivity contribution in [2.45, 2.75) is 45.2 Å². The van der Waals surface area contributed by atoms with Gasteiger partial charge in [0.2, 0.25) is 0 Å². The van der Waals surface area contributed by atoms with E-state index in [2.05, 4.69) is 39.3 Å². The molecule has 0 radical (unpaired) electrons. The second-order valence-electron chi connectivity index (χ2n) is 7.75. The highest BCUT2D eigenvalue weighted by Crippen LogP contribution is 2.15. The van der Waals surface area contributed by atoms with Gasteiger partial charge in [-0.2, -0.15) is 11.3 Å². The molecule has 0 saturated carbocycles. The third kappa shape index (κ3) is 9.50. The van der Waals surface area contributed by atoms with E-state index < -0.39 is 0 Å². The van der Waals surface area contributed by atoms with E-state index in [4.69, 9.17) is 14.5 Å². The quantitative estimate of drug-likeness (QED) is 0.208. The maximum Gasteiger partial charge on any atom is 0.191 e. The Balaban J connectivity index is 0.00000300. The van der Waals surface area contributed by atoms with Crippen molar-refractivity contribution in [1.82, 2.24) is 15.5 Å². The summed E-state index contributed by atoms with van der Waals surface area (Å²) in [5.74, 6) is 1.54. The molecule has 3 heterocycles. The highest BCUT2D eigenvalue weighted by atomic mass is 127. The molecule has 2 N–H and O–H groups in total. The minimum Gasteiger partial charge on any atom is -0.381 e. The van der Waals surface area contributed by atoms with Crippen molar-refractivity contribution in [3.8, 4) is 0 Å². The van der Waals surface area contributed by atoms with Crippen molar-refractivity contribution in [3.63, 3.8) is 0 Å². The topological polar surface area (TPSA) is 58.1 Å². The maximum atomic E-state index is 5.77. The first-order chi connectivity index (χ1) is 13.8. The Labute approximate surface area is 196 Å². The lowest BCUT2D eigenvalue weighted by Gasteiger charge is -2.33. The Bertz CT molecular complexity index is 559. The van der Waals surface area contributed by atoms with Crippen LogP contribution in [-0.2, 0) is 16.0 Å². The molecule has 166 valence electrons. The van der Waals surface area contributed by atoms with Crippen molar-refractivity contribution in [1.29, 1.82) is 0 Å². The van der Waals surface area contributed by atoms with Crippen LogP contribution in [0.5, 0.6) is 0 Å². The summed E-state index contributed by atoms with van der Waals surface area (Å²) in [5, 5.41) is 11.4. The first-order valence-corrected chi connectivity index (χ1v) is 11.7. The van der Waals surface area contributed by atoms with Gasteiger partial charge in [0.25, 0.3) is 0 Å². The molecule has 2 aliphatic heterocycles. The molecule has 1 aromatic heterocycles. The second-order valence-corrected chi connectivity index (χ2v) is 8.53. The van der Waals surface area contributed by atoms with Crippen LogP contribution < -0.4 is 10.6 Å². The molecule has 1 atom stereocenters. The molecule has 6 nitrogen and oxygen atoms in total. The minimum atomic E-state index is 0. The van der Waals surface area contributed by atoms with Crippen LogP contribution in [0.1, 0.15) is 38.2 Å². The summed E-state index contributed by atoms with van der Waals surface area (Å²) in [5.41, 5.74) is 1.44. The first kappa shape index (κ1) is 24.8. The van der Waals surface area contributed by atoms with Crippen LogP contribution >= 0.6 is 35.3 Å². The summed E-state index contributed by atoms with van der Waals surface area (Å²) < 4.78 is 11.1. The fraction of sp³-hybridized carbons (Fsp3) is 0.762. The fourth-order valence-electron chi connectivity index (χ4n) is 3.71. The van der Waals surface area contributed by atoms with E-state index in [9.17, 15) is 0 Å². The minimum absolute atomic E-state index is 0. The Morgan fingerprint density at radius 1 is 1.34 bits per heavy atom. The van der Waals surface area contributed by atoms with Gasteiger partial charge in [-0.05, 0) is 55.0 Å². The number of likely N-dealkylation sites (tertiary alicyclic amines) is 1. The van der Waals surface area contributed by atoms with Crippen molar-refractivity contribution in [2.75, 3.05) is 52.6 Å². The monoisotopic (exact) mass is 536 g/mol. The van der Waals surface area contributed by atoms with E-state index in [0.29, 0.717) is 12.0 Å². The van der Waals surface area contributed by atoms with Gasteiger partial charge in [-0.1, -0.05) is 0 Å². The molecule has 0 aromatic carbocycles. The number of aliphatic imine (C=N–C) groups is 1. The van der Waals surface area contributed by atoms with Gasteiger partial charge in [0, 0.05) is 57.9 Å². The number of guanidine groups is 1. The molecule has 0 amide bonds. The lowest BCUT2D eigenvalue weighted by Crippen LogP contribution is -2.48. The third-order valence-corrected chi connectivity index (χ3v) is 6.09. The summed E-state index contributed by atoms with van der Waals surface area (Å²) in [6.07, 6.45) is 4.43. The number of nitrogens with zero attached hydrogens (tertiary/aromatic N) is 2. The lowest BCUT2D eigenvalue weighted by molar-refractivity contribution is 0.0893. The zero-order chi connectivity index (χ0) is 19.4. The molecule has 0 aliphatic carbocycles. The lowest BCUT2D eigenvalue weighted by atomic mass is 10.0. The zero-order valence-electron chi connectivity index (χ0n) is 17.6. The SMILES string of the molecule is CCNC(=NCCCOCC1CCOC1)NC1CCN(Cc2ccsc2)CC1.I. The summed E-state index contributed by atoms with van der Waals surface area (Å²) in [6, 6.07) is 2.74. The number of nitrogens with one attached hydrogen (secondary N) is 2. The normalized spacial score (nSPS) is 21.1. The molecule has 1 unspecified atom stereocenters. The predicted molar refractivity (Wildman–Crippen MR) is 132 cm³/mol. The van der Waals surface area contributed by atoms with E-state index in [1.165, 1.54) is 18.4 Å². The zero-order valence-corrected chi connectivity index (χ0v) is 20.8. The molecule has 2 fully saturated rings. The summed E-state index contributed by atoms with van der Waals surface area (Å²) in [6.45, 7) is 10.5. The van der Waals surface area contributed by atoms with Gasteiger partial charge in [0.1, 0.15) is 0 Å². The third-order valence-electron chi connectivity index (χ3n) is 5.35. The van der Waals surface area contributed by atoms with Gasteiger partial charge >= 0.3 is 0 Å². The summed E-state index contributed by atoms with van der Waals surface area (Å²) in [7, 11) is 0. The Kier molecular flexibility index (Phi) is 12.5. The van der Waals surface area contributed by atoms with Crippen LogP contribution in [0, 0.1) is 5.92 Å². The largest absolute Gasteiger partial charge is 0.381 e. The Morgan fingerprint density at radius 2 is 2.21 bits per heavy atom. The van der Waals surface area contributed by atoms with Gasteiger partial charge in [-0.25, -0.2) is 0 Å². The second kappa shape index (κ2) is 14.6. The molecule has 8 heteroatoms. The molecule has 0 spiro atoms. The number of hydrogen-bond donors (Lipinski definition) is 2. The Morgan fingerprint density at radius 3 is 2.90 bits per heavy atom. The maximum absolute atomic E-state index is 5.77. The smallest absolute Gasteiger partial charge is 0.191 e. The average molecular weight is 537 g/mol. The number of ether oxygens (including phenoxy) is 2. The van der Waals surface area contributed by atoms with E-state index in [-0.39, 0.29) is 24.0 Å². The number of piperidine rings is 1. The van der Waals surface area contributed by atoms with Crippen molar-refractivity contribution < 1.29 is 9.47 Å². The van der Waals surface area contributed by atoms with Crippen LogP contribution in [0.3, 0.4) is 0 Å². The van der Waals surface area contributed by atoms with Gasteiger partial charge in [0.05, 0.1) is 13.2 Å². The van der Waals surface area contributed by atoms with Gasteiger partial charge in [0.15, 0.2) is 5.96 Å². The number of thiophene rings is 1. The highest BCUT2D eigenvalue weighted by Gasteiger charge is 2.20. The highest BCUT2D eigenvalue weighted by molar-refractivity contribution is 14.0. The van der Waals surface area contributed by atoms with Crippen LogP contribution in [0.15, 0.2) is 21.8 Å². The Hall–Kier alpha value is -0.420. The van der Waals surface area contributed by atoms with Crippen LogP contribution in [0.25, 0.3) is 0 Å². The van der Waals surface area contributed by atoms with E-state index in [1.54, 1.807) is 11.3 Å². The fourth-order valence-corrected chi connectivity index (χ4v) is 4.37. The number of hydrogen-bond acceptors (Lipinski definition) is 5. The molecule has 2 aliphatic rings. The molecular weight excluding hydrogens is 499 g/mol. The van der Waals surface area contributed by atoms with Crippen LogP contribution in [0.2, 0.25) is 0 Å². The predicted octanol–water partition coefficient (Wildman–Crippen LogP) is 3.33. The van der Waals surface area contributed by atoms with Gasteiger partial charge in [-0.3, -0.25) is 9.89 Å². The van der Waals surface area contributed by atoms with Crippen molar-refractivity contribution >= 4 is 41.3 Å². The standard InChI is InChI=1S/C21H36N4O2S.HI/c1-2-22-21(23-8-3-11-26-15-19-6-12-27-16-19)24-20-4-9-25(10-5-20)14-18-7-13-28-17-18;/h7,13,17,19-20H,2-6,8-12,14-16H2,1H3,(H2,22,23,24);1H. The van der Waals surface area contributed by atoms with Gasteiger partial charge < -0.3 is 20.1 Å². The number of rotatable bonds is 10. The number of halogens is 1. The average Bonchev–Trinajstić information content (AvgIpc) is 3.40. The first-order valence-electron chi connectivity index (χ1n) is 10.8. The van der Waals surface area contributed by atoms with Crippen molar-refractivity contribution in [3.05, 3.63) is 22.4 Å². The van der Waals surface area contributed by atoms with E-state index >= 15 is 0 Å². The molecule has 29 heavy (non-hydrogen) atoms. The summed E-state index contributed by atoms with van der Waals surface area (Å²) >= 11 is 1.78.